The molecule has 0 aromatic heterocycles. The highest BCUT2D eigenvalue weighted by Crippen LogP contribution is 2.39. The maximum absolute atomic E-state index is 12.9. The van der Waals surface area contributed by atoms with Crippen molar-refractivity contribution in [3.63, 3.8) is 0 Å². The van der Waals surface area contributed by atoms with Gasteiger partial charge >= 0.3 is 5.97 Å². The Balaban J connectivity index is 2.65. The van der Waals surface area contributed by atoms with Crippen LogP contribution in [0.5, 0.6) is 0 Å². The van der Waals surface area contributed by atoms with E-state index < -0.39 is 0 Å². The van der Waals surface area contributed by atoms with Gasteiger partial charge in [0.1, 0.15) is 0 Å². The number of nitrogens with one attached hydrogen (secondary N) is 1. The van der Waals surface area contributed by atoms with Crippen molar-refractivity contribution in [3.05, 3.63) is 52.7 Å². The second-order valence-corrected chi connectivity index (χ2v) is 7.56. The van der Waals surface area contributed by atoms with Crippen LogP contribution >= 0.6 is 11.8 Å². The van der Waals surface area contributed by atoms with Gasteiger partial charge in [0.25, 0.3) is 0 Å². The molecule has 1 aliphatic heterocycles. The number of benzene rings is 1. The Morgan fingerprint density at radius 2 is 1.78 bits per heavy atom. The van der Waals surface area contributed by atoms with Gasteiger partial charge in [-0.25, -0.2) is 4.79 Å². The van der Waals surface area contributed by atoms with Gasteiger partial charge in [0, 0.05) is 17.2 Å². The number of carbonyl (C=O) groups is 2. The highest BCUT2D eigenvalue weighted by atomic mass is 32.2. The minimum absolute atomic E-state index is 0.0502. The number of ether oxygens (including phenoxy) is 1. The Morgan fingerprint density at radius 1 is 1.07 bits per heavy atom. The first-order chi connectivity index (χ1) is 13.1. The van der Waals surface area contributed by atoms with Gasteiger partial charge in [0.05, 0.1) is 17.9 Å². The maximum atomic E-state index is 12.9. The molecule has 1 aromatic carbocycles. The minimum Gasteiger partial charge on any atom is -0.463 e. The standard InChI is InChI=1S/C22H29NO3S/c1-5-12-17-18(22(25)27-8-4)16(6-2)19(21(24)26-7-3)20(23-17)15-13-10-9-11-14-15/h9-11,13-14,16,23H,5-8,12H2,1-4H3. The van der Waals surface area contributed by atoms with Gasteiger partial charge < -0.3 is 10.1 Å². The van der Waals surface area contributed by atoms with E-state index in [-0.39, 0.29) is 17.0 Å². The van der Waals surface area contributed by atoms with Crippen molar-refractivity contribution >= 4 is 28.5 Å². The summed E-state index contributed by atoms with van der Waals surface area (Å²) in [6.45, 7) is 8.19. The molecule has 4 nitrogen and oxygen atoms in total. The number of allylic oxidation sites excluding steroid dienone is 1. The Kier molecular flexibility index (Phi) is 8.17. The number of rotatable bonds is 8. The fourth-order valence-electron chi connectivity index (χ4n) is 3.43. The van der Waals surface area contributed by atoms with Crippen LogP contribution in [0.15, 0.2) is 47.2 Å². The van der Waals surface area contributed by atoms with Crippen LogP contribution in [-0.4, -0.2) is 23.4 Å². The van der Waals surface area contributed by atoms with Gasteiger partial charge in [0.2, 0.25) is 5.12 Å². The van der Waals surface area contributed by atoms with Crippen LogP contribution in [-0.2, 0) is 14.3 Å². The van der Waals surface area contributed by atoms with Crippen molar-refractivity contribution < 1.29 is 14.3 Å². The van der Waals surface area contributed by atoms with Crippen LogP contribution in [0, 0.1) is 5.92 Å². The number of thioether (sulfide) groups is 1. The highest BCUT2D eigenvalue weighted by molar-refractivity contribution is 8.14. The molecule has 0 radical (unpaired) electrons. The average Bonchev–Trinajstić information content (AvgIpc) is 2.68. The van der Waals surface area contributed by atoms with E-state index >= 15 is 0 Å². The summed E-state index contributed by atoms with van der Waals surface area (Å²) in [5.41, 5.74) is 3.92. The molecule has 0 bridgehead atoms. The summed E-state index contributed by atoms with van der Waals surface area (Å²) in [6.07, 6.45) is 2.36. The second kappa shape index (κ2) is 10.4. The highest BCUT2D eigenvalue weighted by Gasteiger charge is 2.37. The monoisotopic (exact) mass is 387 g/mol. The molecule has 146 valence electrons. The predicted molar refractivity (Wildman–Crippen MR) is 112 cm³/mol. The zero-order valence-corrected chi connectivity index (χ0v) is 17.4. The van der Waals surface area contributed by atoms with Gasteiger partial charge in [-0.2, -0.15) is 0 Å². The quantitative estimate of drug-likeness (QED) is 0.641. The largest absolute Gasteiger partial charge is 0.463 e. The van der Waals surface area contributed by atoms with Crippen LogP contribution in [0.4, 0.5) is 0 Å². The van der Waals surface area contributed by atoms with E-state index in [1.807, 2.05) is 44.2 Å². The average molecular weight is 388 g/mol. The molecule has 2 rings (SSSR count). The summed E-state index contributed by atoms with van der Waals surface area (Å²) < 4.78 is 5.37. The summed E-state index contributed by atoms with van der Waals surface area (Å²) in [5, 5.41) is 3.49. The van der Waals surface area contributed by atoms with Crippen LogP contribution in [0.3, 0.4) is 0 Å². The lowest BCUT2D eigenvalue weighted by Gasteiger charge is -2.32. The van der Waals surface area contributed by atoms with E-state index in [0.717, 1.165) is 35.4 Å². The molecule has 1 aromatic rings. The molecule has 0 saturated heterocycles. The fourth-order valence-corrected chi connectivity index (χ4v) is 4.11. The zero-order valence-electron chi connectivity index (χ0n) is 16.6. The second-order valence-electron chi connectivity index (χ2n) is 6.32. The Labute approximate surface area is 166 Å². The van der Waals surface area contributed by atoms with Gasteiger partial charge in [-0.05, 0) is 31.1 Å². The molecule has 0 spiro atoms. The Hall–Kier alpha value is -2.01. The van der Waals surface area contributed by atoms with Crippen LogP contribution in [0.2, 0.25) is 0 Å². The van der Waals surface area contributed by atoms with Crippen molar-refractivity contribution in [2.24, 2.45) is 5.92 Å². The predicted octanol–water partition coefficient (Wildman–Crippen LogP) is 4.92. The Morgan fingerprint density at radius 3 is 2.33 bits per heavy atom. The summed E-state index contributed by atoms with van der Waals surface area (Å²) in [6, 6.07) is 9.80. The van der Waals surface area contributed by atoms with Crippen LogP contribution in [0.1, 0.15) is 52.5 Å². The lowest BCUT2D eigenvalue weighted by molar-refractivity contribution is -0.139. The molecule has 1 atom stereocenters. The topological polar surface area (TPSA) is 55.4 Å². The first kappa shape index (κ1) is 21.3. The Bertz CT molecular complexity index is 737. The van der Waals surface area contributed by atoms with E-state index in [9.17, 15) is 9.59 Å². The van der Waals surface area contributed by atoms with E-state index in [1.54, 1.807) is 6.92 Å². The van der Waals surface area contributed by atoms with Gasteiger partial charge in [-0.3, -0.25) is 4.79 Å². The fraction of sp³-hybridized carbons (Fsp3) is 0.455. The molecule has 1 unspecified atom stereocenters. The molecule has 1 aliphatic rings. The number of hydrogen-bond acceptors (Lipinski definition) is 5. The van der Waals surface area contributed by atoms with Crippen LogP contribution < -0.4 is 5.32 Å². The molecule has 5 heteroatoms. The van der Waals surface area contributed by atoms with Gasteiger partial charge in [-0.1, -0.05) is 69.3 Å². The molecule has 27 heavy (non-hydrogen) atoms. The zero-order chi connectivity index (χ0) is 19.8. The van der Waals surface area contributed by atoms with Gasteiger partial charge in [0.15, 0.2) is 0 Å². The number of esters is 1. The first-order valence-corrected chi connectivity index (χ1v) is 10.7. The van der Waals surface area contributed by atoms with Gasteiger partial charge in [-0.15, -0.1) is 0 Å². The SMILES string of the molecule is CCCC1=C(C(=O)SCC)C(CC)C(C(=O)OCC)=C(c2ccccc2)N1. The van der Waals surface area contributed by atoms with Crippen LogP contribution in [0.25, 0.3) is 5.70 Å². The lowest BCUT2D eigenvalue weighted by atomic mass is 9.81. The summed E-state index contributed by atoms with van der Waals surface area (Å²) in [7, 11) is 0. The number of hydrogen-bond donors (Lipinski definition) is 1. The summed E-state index contributed by atoms with van der Waals surface area (Å²) >= 11 is 1.30. The van der Waals surface area contributed by atoms with Crippen molar-refractivity contribution in [3.8, 4) is 0 Å². The molecule has 0 fully saturated rings. The number of carbonyl (C=O) groups excluding carboxylic acids is 2. The molecule has 1 N–H and O–H groups in total. The lowest BCUT2D eigenvalue weighted by Crippen LogP contribution is -2.33. The molecule has 1 heterocycles. The summed E-state index contributed by atoms with van der Waals surface area (Å²) in [4.78, 5) is 25.8. The minimum atomic E-state index is -0.349. The normalized spacial score (nSPS) is 17.0. The molecular weight excluding hydrogens is 358 g/mol. The summed E-state index contributed by atoms with van der Waals surface area (Å²) in [5.74, 6) is 0.106. The van der Waals surface area contributed by atoms with E-state index in [1.165, 1.54) is 11.8 Å². The third-order valence-electron chi connectivity index (χ3n) is 4.53. The van der Waals surface area contributed by atoms with E-state index in [2.05, 4.69) is 12.2 Å². The first-order valence-electron chi connectivity index (χ1n) is 9.72. The van der Waals surface area contributed by atoms with Crippen molar-refractivity contribution in [2.75, 3.05) is 12.4 Å². The molecule has 0 amide bonds. The molecule has 0 aliphatic carbocycles. The molecule has 0 saturated carbocycles. The smallest absolute Gasteiger partial charge is 0.336 e. The maximum Gasteiger partial charge on any atom is 0.336 e. The van der Waals surface area contributed by atoms with E-state index in [4.69, 9.17) is 4.74 Å². The third kappa shape index (κ3) is 4.83. The van der Waals surface area contributed by atoms with Crippen molar-refractivity contribution in [1.29, 1.82) is 0 Å². The van der Waals surface area contributed by atoms with E-state index in [0.29, 0.717) is 24.4 Å². The number of dihydropyridines is 1. The third-order valence-corrected chi connectivity index (χ3v) is 5.30. The molecular formula is C22H29NO3S. The van der Waals surface area contributed by atoms with Crippen molar-refractivity contribution in [1.82, 2.24) is 5.32 Å². The van der Waals surface area contributed by atoms with Crippen molar-refractivity contribution in [2.45, 2.75) is 47.0 Å².